The third kappa shape index (κ3) is 4.91. The fourth-order valence-electron chi connectivity index (χ4n) is 2.47. The van der Waals surface area contributed by atoms with Crippen LogP contribution in [0.25, 0.3) is 0 Å². The van der Waals surface area contributed by atoms with E-state index >= 15 is 0 Å². The second kappa shape index (κ2) is 8.46. The molecule has 0 saturated heterocycles. The third-order valence-corrected chi connectivity index (χ3v) is 3.71. The predicted octanol–water partition coefficient (Wildman–Crippen LogP) is 2.72. The number of esters is 1. The summed E-state index contributed by atoms with van der Waals surface area (Å²) >= 11 is 0. The Hall–Kier alpha value is -2.17. The monoisotopic (exact) mass is 313 g/mol. The highest BCUT2D eigenvalue weighted by molar-refractivity contribution is 5.66. The fourth-order valence-corrected chi connectivity index (χ4v) is 2.47. The second-order valence-electron chi connectivity index (χ2n) is 5.50. The number of nitrogens with two attached hydrogens (primary N) is 1. The quantitative estimate of drug-likeness (QED) is 0.771. The Morgan fingerprint density at radius 1 is 1.04 bits per heavy atom. The summed E-state index contributed by atoms with van der Waals surface area (Å²) in [6.07, 6.45) is 1.15. The van der Waals surface area contributed by atoms with Gasteiger partial charge in [-0.2, -0.15) is 0 Å². The number of aliphatic hydroxyl groups is 1. The van der Waals surface area contributed by atoms with E-state index in [1.165, 1.54) is 6.92 Å². The number of benzene rings is 2. The molecule has 4 nitrogen and oxygen atoms in total. The maximum Gasteiger partial charge on any atom is 0.303 e. The Bertz CT molecular complexity index is 620. The molecule has 2 rings (SSSR count). The molecule has 0 radical (unpaired) electrons. The lowest BCUT2D eigenvalue weighted by atomic mass is 9.98. The number of hydrogen-bond donors (Lipinski definition) is 2. The van der Waals surface area contributed by atoms with Crippen molar-refractivity contribution in [3.63, 3.8) is 0 Å². The summed E-state index contributed by atoms with van der Waals surface area (Å²) in [6.45, 7) is 2.08. The van der Waals surface area contributed by atoms with Crippen LogP contribution in [0, 0.1) is 0 Å². The normalized spacial score (nSPS) is 12.0. The van der Waals surface area contributed by atoms with Crippen LogP contribution in [-0.4, -0.2) is 17.7 Å². The molecule has 0 fully saturated rings. The van der Waals surface area contributed by atoms with E-state index in [-0.39, 0.29) is 12.6 Å². The van der Waals surface area contributed by atoms with Crippen LogP contribution < -0.4 is 5.73 Å². The minimum atomic E-state index is -0.425. The summed E-state index contributed by atoms with van der Waals surface area (Å²) in [7, 11) is 0. The molecule has 0 aliphatic heterocycles. The molecular formula is C19H23NO3. The van der Waals surface area contributed by atoms with Crippen LogP contribution >= 0.6 is 0 Å². The minimum absolute atomic E-state index is 0.186. The minimum Gasteiger partial charge on any atom is -0.453 e. The van der Waals surface area contributed by atoms with Crippen molar-refractivity contribution in [2.45, 2.75) is 32.4 Å². The van der Waals surface area contributed by atoms with Gasteiger partial charge in [0.25, 0.3) is 0 Å². The van der Waals surface area contributed by atoms with Crippen LogP contribution in [0.15, 0.2) is 48.5 Å². The van der Waals surface area contributed by atoms with E-state index in [9.17, 15) is 4.79 Å². The topological polar surface area (TPSA) is 72.5 Å². The van der Waals surface area contributed by atoms with E-state index in [4.69, 9.17) is 15.6 Å². The third-order valence-electron chi connectivity index (χ3n) is 3.71. The summed E-state index contributed by atoms with van der Waals surface area (Å²) in [5, 5.41) is 8.89. The second-order valence-corrected chi connectivity index (χ2v) is 5.50. The van der Waals surface area contributed by atoms with E-state index in [0.717, 1.165) is 35.1 Å². The summed E-state index contributed by atoms with van der Waals surface area (Å²) in [4.78, 5) is 11.5. The lowest BCUT2D eigenvalue weighted by molar-refractivity contribution is -0.144. The van der Waals surface area contributed by atoms with Gasteiger partial charge in [0, 0.05) is 20.1 Å². The van der Waals surface area contributed by atoms with Gasteiger partial charge >= 0.3 is 5.97 Å². The van der Waals surface area contributed by atoms with Gasteiger partial charge in [-0.3, -0.25) is 4.79 Å². The number of hydrogen-bond acceptors (Lipinski definition) is 4. The molecule has 23 heavy (non-hydrogen) atoms. The number of carbonyl (C=O) groups excluding carboxylic acids is 1. The van der Waals surface area contributed by atoms with Gasteiger partial charge in [-0.1, -0.05) is 48.5 Å². The Morgan fingerprint density at radius 3 is 2.00 bits per heavy atom. The number of carbonyl (C=O) groups is 1. The van der Waals surface area contributed by atoms with E-state index in [1.54, 1.807) is 0 Å². The highest BCUT2D eigenvalue weighted by Gasteiger charge is 2.17. The highest BCUT2D eigenvalue weighted by Crippen LogP contribution is 2.27. The zero-order valence-electron chi connectivity index (χ0n) is 13.4. The van der Waals surface area contributed by atoms with Crippen molar-refractivity contribution < 1.29 is 14.6 Å². The SMILES string of the molecule is CC(=O)OC(c1ccc(CN)cc1)c1ccc(CCCO)cc1. The first-order valence-corrected chi connectivity index (χ1v) is 7.80. The average molecular weight is 313 g/mol. The lowest BCUT2D eigenvalue weighted by Gasteiger charge is -2.18. The molecule has 0 heterocycles. The molecule has 0 spiro atoms. The summed E-state index contributed by atoms with van der Waals surface area (Å²) < 4.78 is 5.51. The maximum absolute atomic E-state index is 11.5. The van der Waals surface area contributed by atoms with Crippen molar-refractivity contribution in [3.05, 3.63) is 70.8 Å². The number of aliphatic hydroxyl groups excluding tert-OH is 1. The first kappa shape index (κ1) is 17.2. The van der Waals surface area contributed by atoms with E-state index in [0.29, 0.717) is 6.54 Å². The van der Waals surface area contributed by atoms with Crippen molar-refractivity contribution >= 4 is 5.97 Å². The fraction of sp³-hybridized carbons (Fsp3) is 0.316. The molecule has 3 N–H and O–H groups in total. The van der Waals surface area contributed by atoms with Gasteiger partial charge in [0.2, 0.25) is 0 Å². The first-order valence-electron chi connectivity index (χ1n) is 7.80. The van der Waals surface area contributed by atoms with Gasteiger partial charge in [-0.25, -0.2) is 0 Å². The van der Waals surface area contributed by atoms with Crippen LogP contribution in [0.4, 0.5) is 0 Å². The number of aryl methyl sites for hydroxylation is 1. The molecule has 0 bridgehead atoms. The predicted molar refractivity (Wildman–Crippen MR) is 89.8 cm³/mol. The molecule has 2 aromatic rings. The Balaban J connectivity index is 2.24. The van der Waals surface area contributed by atoms with Crippen LogP contribution in [0.3, 0.4) is 0 Å². The molecule has 0 aliphatic carbocycles. The maximum atomic E-state index is 11.5. The molecule has 122 valence electrons. The van der Waals surface area contributed by atoms with Crippen LogP contribution in [0.5, 0.6) is 0 Å². The zero-order chi connectivity index (χ0) is 16.7. The Labute approximate surface area is 136 Å². The van der Waals surface area contributed by atoms with Crippen LogP contribution in [0.2, 0.25) is 0 Å². The molecular weight excluding hydrogens is 290 g/mol. The average Bonchev–Trinajstić information content (AvgIpc) is 2.58. The number of ether oxygens (including phenoxy) is 1. The molecule has 1 atom stereocenters. The summed E-state index contributed by atoms with van der Waals surface area (Å²) in [5.41, 5.74) is 9.66. The molecule has 0 saturated carbocycles. The van der Waals surface area contributed by atoms with Gasteiger partial charge in [-0.05, 0) is 35.1 Å². The van der Waals surface area contributed by atoms with Crippen molar-refractivity contribution in [2.75, 3.05) is 6.61 Å². The lowest BCUT2D eigenvalue weighted by Crippen LogP contribution is -2.10. The highest BCUT2D eigenvalue weighted by atomic mass is 16.5. The van der Waals surface area contributed by atoms with E-state index in [2.05, 4.69) is 0 Å². The van der Waals surface area contributed by atoms with E-state index < -0.39 is 6.10 Å². The standard InChI is InChI=1S/C19H23NO3/c1-14(22)23-19(18-10-6-16(13-20)7-11-18)17-8-4-15(5-9-17)3-2-12-21/h4-11,19,21H,2-3,12-13,20H2,1H3. The van der Waals surface area contributed by atoms with Crippen LogP contribution in [0.1, 0.15) is 41.7 Å². The van der Waals surface area contributed by atoms with Gasteiger partial charge in [0.1, 0.15) is 0 Å². The van der Waals surface area contributed by atoms with Crippen molar-refractivity contribution in [1.82, 2.24) is 0 Å². The molecule has 1 unspecified atom stereocenters. The Morgan fingerprint density at radius 2 is 1.57 bits per heavy atom. The van der Waals surface area contributed by atoms with Gasteiger partial charge < -0.3 is 15.6 Å². The van der Waals surface area contributed by atoms with Crippen LogP contribution in [-0.2, 0) is 22.5 Å². The first-order chi connectivity index (χ1) is 11.1. The van der Waals surface area contributed by atoms with Gasteiger partial charge in [0.15, 0.2) is 6.10 Å². The number of rotatable bonds is 7. The van der Waals surface area contributed by atoms with Crippen molar-refractivity contribution in [3.8, 4) is 0 Å². The zero-order valence-corrected chi connectivity index (χ0v) is 13.4. The van der Waals surface area contributed by atoms with Crippen molar-refractivity contribution in [1.29, 1.82) is 0 Å². The molecule has 0 amide bonds. The summed E-state index contributed by atoms with van der Waals surface area (Å²) in [6, 6.07) is 15.7. The molecule has 0 aromatic heterocycles. The molecule has 0 aliphatic rings. The molecule has 2 aromatic carbocycles. The van der Waals surface area contributed by atoms with E-state index in [1.807, 2.05) is 48.5 Å². The Kier molecular flexibility index (Phi) is 6.32. The van der Waals surface area contributed by atoms with Gasteiger partial charge in [-0.15, -0.1) is 0 Å². The van der Waals surface area contributed by atoms with Crippen molar-refractivity contribution in [2.24, 2.45) is 5.73 Å². The smallest absolute Gasteiger partial charge is 0.303 e. The van der Waals surface area contributed by atoms with Gasteiger partial charge in [0.05, 0.1) is 0 Å². The largest absolute Gasteiger partial charge is 0.453 e. The molecule has 4 heteroatoms. The summed E-state index contributed by atoms with van der Waals surface area (Å²) in [5.74, 6) is -0.317.